The number of hydrogen-bond donors (Lipinski definition) is 1. The number of pyridine rings is 2. The number of benzene rings is 1. The van der Waals surface area contributed by atoms with Crippen molar-refractivity contribution >= 4 is 23.0 Å². The Morgan fingerprint density at radius 2 is 1.84 bits per heavy atom. The van der Waals surface area contributed by atoms with Crippen molar-refractivity contribution in [3.05, 3.63) is 112 Å². The lowest BCUT2D eigenvalue weighted by atomic mass is 9.96. The van der Waals surface area contributed by atoms with Gasteiger partial charge in [-0.1, -0.05) is 12.1 Å². The standard InChI is InChI=1S/C27H26N6O3S/c1-17-14-21(18(2)32(17)23-15-20(33(34)35)10-11-24(23)36-3)26-25(22-9-5-7-13-29-22)30-27(37)31(26)16-19-8-4-6-12-28-19/h4-15,25-26H,16H2,1-3H3,(H,30,37)/t25-,26+/m1/s1. The van der Waals surface area contributed by atoms with E-state index in [0.29, 0.717) is 23.1 Å². The van der Waals surface area contributed by atoms with E-state index in [9.17, 15) is 10.1 Å². The van der Waals surface area contributed by atoms with Gasteiger partial charge in [0, 0.05) is 35.9 Å². The van der Waals surface area contributed by atoms with E-state index in [-0.39, 0.29) is 17.8 Å². The quantitative estimate of drug-likeness (QED) is 0.210. The molecule has 0 radical (unpaired) electrons. The second-order valence-corrected chi connectivity index (χ2v) is 9.24. The number of thiocarbonyl (C=S) groups is 1. The van der Waals surface area contributed by atoms with Gasteiger partial charge in [-0.3, -0.25) is 20.1 Å². The van der Waals surface area contributed by atoms with Crippen LogP contribution in [0.2, 0.25) is 0 Å². The number of nitro groups is 1. The van der Waals surface area contributed by atoms with Crippen LogP contribution in [0.5, 0.6) is 5.75 Å². The average Bonchev–Trinajstić information content (AvgIpc) is 3.39. The smallest absolute Gasteiger partial charge is 0.271 e. The maximum Gasteiger partial charge on any atom is 0.271 e. The third kappa shape index (κ3) is 4.51. The zero-order valence-electron chi connectivity index (χ0n) is 20.7. The molecule has 5 rings (SSSR count). The molecule has 1 fully saturated rings. The first-order chi connectivity index (χ1) is 17.9. The first kappa shape index (κ1) is 24.4. The molecular weight excluding hydrogens is 488 g/mol. The van der Waals surface area contributed by atoms with Crippen LogP contribution in [0.25, 0.3) is 5.69 Å². The summed E-state index contributed by atoms with van der Waals surface area (Å²) in [7, 11) is 1.56. The van der Waals surface area contributed by atoms with Crippen LogP contribution in [0.1, 0.15) is 40.4 Å². The van der Waals surface area contributed by atoms with Gasteiger partial charge in [-0.05, 0) is 68.0 Å². The van der Waals surface area contributed by atoms with Crippen molar-refractivity contribution in [2.75, 3.05) is 7.11 Å². The lowest BCUT2D eigenvalue weighted by Gasteiger charge is -2.28. The molecule has 1 aromatic carbocycles. The molecule has 9 nitrogen and oxygen atoms in total. The third-order valence-electron chi connectivity index (χ3n) is 6.66. The van der Waals surface area contributed by atoms with Crippen molar-refractivity contribution < 1.29 is 9.66 Å². The number of non-ortho nitro benzene ring substituents is 1. The van der Waals surface area contributed by atoms with Crippen molar-refractivity contribution in [3.63, 3.8) is 0 Å². The summed E-state index contributed by atoms with van der Waals surface area (Å²) in [6.45, 7) is 4.51. The summed E-state index contributed by atoms with van der Waals surface area (Å²) in [5.41, 5.74) is 5.25. The van der Waals surface area contributed by atoms with Gasteiger partial charge in [-0.15, -0.1) is 0 Å². The Morgan fingerprint density at radius 3 is 2.49 bits per heavy atom. The predicted octanol–water partition coefficient (Wildman–Crippen LogP) is 4.97. The molecule has 0 unspecified atom stereocenters. The highest BCUT2D eigenvalue weighted by Crippen LogP contribution is 2.43. The number of aryl methyl sites for hydroxylation is 1. The van der Waals surface area contributed by atoms with Crippen molar-refractivity contribution in [2.24, 2.45) is 0 Å². The molecule has 10 heteroatoms. The minimum atomic E-state index is -0.400. The normalized spacial score (nSPS) is 17.1. The number of ether oxygens (including phenoxy) is 1. The van der Waals surface area contributed by atoms with E-state index in [2.05, 4.69) is 26.3 Å². The Morgan fingerprint density at radius 1 is 1.08 bits per heavy atom. The van der Waals surface area contributed by atoms with Crippen LogP contribution >= 0.6 is 12.2 Å². The molecule has 0 aliphatic carbocycles. The minimum absolute atomic E-state index is 0.00305. The van der Waals surface area contributed by atoms with E-state index < -0.39 is 4.92 Å². The summed E-state index contributed by atoms with van der Waals surface area (Å²) in [5, 5.41) is 15.6. The first-order valence-electron chi connectivity index (χ1n) is 11.8. The zero-order chi connectivity index (χ0) is 26.1. The first-order valence-corrected chi connectivity index (χ1v) is 12.2. The van der Waals surface area contributed by atoms with Crippen LogP contribution in [0.4, 0.5) is 5.69 Å². The fourth-order valence-electron chi connectivity index (χ4n) is 5.00. The largest absolute Gasteiger partial charge is 0.495 e. The van der Waals surface area contributed by atoms with Gasteiger partial charge in [0.15, 0.2) is 5.11 Å². The molecule has 1 N–H and O–H groups in total. The van der Waals surface area contributed by atoms with Gasteiger partial charge in [-0.2, -0.15) is 0 Å². The highest BCUT2D eigenvalue weighted by Gasteiger charge is 2.41. The van der Waals surface area contributed by atoms with E-state index in [0.717, 1.165) is 28.3 Å². The van der Waals surface area contributed by atoms with Crippen LogP contribution in [0.3, 0.4) is 0 Å². The Labute approximate surface area is 219 Å². The monoisotopic (exact) mass is 514 g/mol. The predicted molar refractivity (Wildman–Crippen MR) is 144 cm³/mol. The van der Waals surface area contributed by atoms with E-state index in [1.165, 1.54) is 6.07 Å². The lowest BCUT2D eigenvalue weighted by molar-refractivity contribution is -0.384. The topological polar surface area (TPSA) is 98.3 Å². The highest BCUT2D eigenvalue weighted by atomic mass is 32.1. The number of methoxy groups -OCH3 is 1. The van der Waals surface area contributed by atoms with Gasteiger partial charge in [-0.25, -0.2) is 0 Å². The van der Waals surface area contributed by atoms with Crippen LogP contribution < -0.4 is 10.1 Å². The van der Waals surface area contributed by atoms with E-state index >= 15 is 0 Å². The van der Waals surface area contributed by atoms with Gasteiger partial charge >= 0.3 is 0 Å². The zero-order valence-corrected chi connectivity index (χ0v) is 21.5. The van der Waals surface area contributed by atoms with Gasteiger partial charge in [0.1, 0.15) is 5.75 Å². The average molecular weight is 515 g/mol. The SMILES string of the molecule is COc1ccc([N+](=O)[O-])cc1-n1c(C)cc([C@H]2[C@@H](c3ccccn3)NC(=S)N2Cc2ccccn2)c1C. The second-order valence-electron chi connectivity index (χ2n) is 8.85. The van der Waals surface area contributed by atoms with Crippen LogP contribution in [-0.2, 0) is 6.54 Å². The molecule has 0 amide bonds. The van der Waals surface area contributed by atoms with Crippen LogP contribution in [-0.4, -0.2) is 36.6 Å². The molecule has 3 aromatic heterocycles. The number of rotatable bonds is 7. The molecule has 2 atom stereocenters. The van der Waals surface area contributed by atoms with Gasteiger partial charge in [0.05, 0.1) is 47.7 Å². The Kier molecular flexibility index (Phi) is 6.58. The molecule has 0 spiro atoms. The lowest BCUT2D eigenvalue weighted by Crippen LogP contribution is -2.29. The molecule has 4 heterocycles. The molecule has 37 heavy (non-hydrogen) atoms. The van der Waals surface area contributed by atoms with Crippen molar-refractivity contribution in [2.45, 2.75) is 32.5 Å². The van der Waals surface area contributed by atoms with Crippen molar-refractivity contribution in [3.8, 4) is 11.4 Å². The summed E-state index contributed by atoms with van der Waals surface area (Å²) >= 11 is 5.81. The Hall–Kier alpha value is -4.31. The van der Waals surface area contributed by atoms with Crippen LogP contribution in [0.15, 0.2) is 73.1 Å². The Bertz CT molecular complexity index is 1460. The molecule has 0 bridgehead atoms. The Balaban J connectivity index is 1.66. The molecule has 188 valence electrons. The molecule has 4 aromatic rings. The van der Waals surface area contributed by atoms with E-state index in [4.69, 9.17) is 17.0 Å². The summed E-state index contributed by atoms with van der Waals surface area (Å²) in [6, 6.07) is 18.0. The number of aromatic nitrogens is 3. The summed E-state index contributed by atoms with van der Waals surface area (Å²) in [4.78, 5) is 22.4. The fourth-order valence-corrected chi connectivity index (χ4v) is 5.31. The maximum atomic E-state index is 11.5. The van der Waals surface area contributed by atoms with E-state index in [1.807, 2.05) is 54.8 Å². The number of nitrogens with zero attached hydrogens (tertiary/aromatic N) is 5. The highest BCUT2D eigenvalue weighted by molar-refractivity contribution is 7.80. The molecule has 1 aliphatic heterocycles. The van der Waals surface area contributed by atoms with Gasteiger partial charge in [0.2, 0.25) is 0 Å². The molecule has 1 saturated heterocycles. The van der Waals surface area contributed by atoms with Crippen molar-refractivity contribution in [1.29, 1.82) is 0 Å². The van der Waals surface area contributed by atoms with Crippen molar-refractivity contribution in [1.82, 2.24) is 24.8 Å². The number of nitro benzene ring substituents is 1. The molecule has 1 aliphatic rings. The van der Waals surface area contributed by atoms with Gasteiger partial charge in [0.25, 0.3) is 5.69 Å². The minimum Gasteiger partial charge on any atom is -0.495 e. The molecule has 0 saturated carbocycles. The maximum absolute atomic E-state index is 11.5. The summed E-state index contributed by atoms with van der Waals surface area (Å²) < 4.78 is 7.58. The second kappa shape index (κ2) is 9.98. The number of hydrogen-bond acceptors (Lipinski definition) is 6. The summed E-state index contributed by atoms with van der Waals surface area (Å²) in [6.07, 6.45) is 3.54. The number of nitrogens with one attached hydrogen (secondary N) is 1. The molecular formula is C27H26N6O3S. The fraction of sp³-hybridized carbons (Fsp3) is 0.222. The van der Waals surface area contributed by atoms with Gasteiger partial charge < -0.3 is 19.5 Å². The third-order valence-corrected chi connectivity index (χ3v) is 7.01. The van der Waals surface area contributed by atoms with Crippen LogP contribution in [0, 0.1) is 24.0 Å². The van der Waals surface area contributed by atoms with E-state index in [1.54, 1.807) is 31.6 Å². The summed E-state index contributed by atoms with van der Waals surface area (Å²) in [5.74, 6) is 0.547.